The summed E-state index contributed by atoms with van der Waals surface area (Å²) in [5.41, 5.74) is -0.530. The molecule has 1 aromatic carbocycles. The second-order valence-electron chi connectivity index (χ2n) is 5.15. The lowest BCUT2D eigenvalue weighted by Crippen LogP contribution is -2.27. The Balaban J connectivity index is 2.24. The Labute approximate surface area is 120 Å². The molecule has 19 heavy (non-hydrogen) atoms. The minimum absolute atomic E-state index is 0.458. The van der Waals surface area contributed by atoms with E-state index < -0.39 is 11.7 Å². The summed E-state index contributed by atoms with van der Waals surface area (Å²) in [5, 5.41) is 4.62. The second-order valence-corrected chi connectivity index (χ2v) is 5.90. The average molecular weight is 323 g/mol. The van der Waals surface area contributed by atoms with Gasteiger partial charge in [-0.15, -0.1) is 0 Å². The Hall–Kier alpha value is -1.62. The molecule has 0 aliphatic heterocycles. The molecular weight excluding hydrogens is 308 g/mol. The number of anilines is 1. The molecule has 0 saturated carbocycles. The first-order chi connectivity index (χ1) is 8.85. The molecule has 0 spiro atoms. The van der Waals surface area contributed by atoms with Gasteiger partial charge >= 0.3 is 6.09 Å². The highest BCUT2D eigenvalue weighted by molar-refractivity contribution is 9.10. The van der Waals surface area contributed by atoms with Crippen LogP contribution in [0.4, 0.5) is 10.6 Å². The van der Waals surface area contributed by atoms with E-state index >= 15 is 0 Å². The summed E-state index contributed by atoms with van der Waals surface area (Å²) in [6.07, 6.45) is -0.512. The summed E-state index contributed by atoms with van der Waals surface area (Å²) >= 11 is 3.40. The highest BCUT2D eigenvalue weighted by atomic mass is 79.9. The van der Waals surface area contributed by atoms with Gasteiger partial charge in [-0.05, 0) is 48.2 Å². The molecule has 0 saturated heterocycles. The topological polar surface area (TPSA) is 51.2 Å². The molecular formula is C14H15BrN2O2. The standard InChI is InChI=1S/C14H15BrN2O2/c1-14(2,3)19-13(18)17-11-8-9-6-4-5-7-10(9)12(15)16-11/h4-8H,1-3H3,(H,16,17,18). The van der Waals surface area contributed by atoms with E-state index in [2.05, 4.69) is 26.2 Å². The summed E-state index contributed by atoms with van der Waals surface area (Å²) < 4.78 is 5.88. The third-order valence-corrected chi connectivity index (χ3v) is 2.93. The third kappa shape index (κ3) is 3.67. The van der Waals surface area contributed by atoms with E-state index in [0.717, 1.165) is 10.8 Å². The van der Waals surface area contributed by atoms with Crippen molar-refractivity contribution in [1.29, 1.82) is 0 Å². The molecule has 2 aromatic rings. The van der Waals surface area contributed by atoms with Gasteiger partial charge in [-0.3, -0.25) is 5.32 Å². The van der Waals surface area contributed by atoms with Crippen LogP contribution in [0.2, 0.25) is 0 Å². The second kappa shape index (κ2) is 5.17. The van der Waals surface area contributed by atoms with Gasteiger partial charge in [-0.2, -0.15) is 0 Å². The highest BCUT2D eigenvalue weighted by Gasteiger charge is 2.16. The number of hydrogen-bond acceptors (Lipinski definition) is 3. The number of benzene rings is 1. The number of carbonyl (C=O) groups is 1. The maximum absolute atomic E-state index is 11.7. The van der Waals surface area contributed by atoms with Crippen LogP contribution < -0.4 is 5.32 Å². The van der Waals surface area contributed by atoms with Gasteiger partial charge in [0.15, 0.2) is 0 Å². The Bertz CT molecular complexity index is 620. The summed E-state index contributed by atoms with van der Waals surface area (Å²) in [4.78, 5) is 16.0. The molecule has 0 atom stereocenters. The zero-order valence-electron chi connectivity index (χ0n) is 11.0. The summed E-state index contributed by atoms with van der Waals surface area (Å²) in [7, 11) is 0. The van der Waals surface area contributed by atoms with E-state index in [0.29, 0.717) is 10.4 Å². The van der Waals surface area contributed by atoms with Crippen LogP contribution in [0, 0.1) is 0 Å². The molecule has 0 aliphatic carbocycles. The van der Waals surface area contributed by atoms with E-state index in [1.165, 1.54) is 0 Å². The molecule has 0 aliphatic rings. The predicted molar refractivity (Wildman–Crippen MR) is 79.3 cm³/mol. The molecule has 0 bridgehead atoms. The SMILES string of the molecule is CC(C)(C)OC(=O)Nc1cc2ccccc2c(Br)n1. The predicted octanol–water partition coefficient (Wildman–Crippen LogP) is 4.34. The van der Waals surface area contributed by atoms with Crippen LogP contribution in [0.25, 0.3) is 10.8 Å². The van der Waals surface area contributed by atoms with E-state index in [1.54, 1.807) is 0 Å². The normalized spacial score (nSPS) is 11.4. The van der Waals surface area contributed by atoms with Gasteiger partial charge < -0.3 is 4.74 Å². The third-order valence-electron chi connectivity index (χ3n) is 2.32. The Morgan fingerprint density at radius 1 is 1.32 bits per heavy atom. The summed E-state index contributed by atoms with van der Waals surface area (Å²) in [5.74, 6) is 0.458. The Kier molecular flexibility index (Phi) is 3.75. The smallest absolute Gasteiger partial charge is 0.413 e. The lowest BCUT2D eigenvalue weighted by molar-refractivity contribution is 0.0635. The summed E-state index contributed by atoms with van der Waals surface area (Å²) in [6, 6.07) is 9.61. The number of pyridine rings is 1. The van der Waals surface area contributed by atoms with E-state index in [1.807, 2.05) is 51.1 Å². The molecule has 0 unspecified atom stereocenters. The van der Waals surface area contributed by atoms with Crippen LogP contribution >= 0.6 is 15.9 Å². The molecule has 5 heteroatoms. The Morgan fingerprint density at radius 3 is 2.68 bits per heavy atom. The van der Waals surface area contributed by atoms with Crippen molar-refractivity contribution in [2.45, 2.75) is 26.4 Å². The van der Waals surface area contributed by atoms with Crippen LogP contribution in [-0.2, 0) is 4.74 Å². The first kappa shape index (κ1) is 13.8. The zero-order chi connectivity index (χ0) is 14.0. The Morgan fingerprint density at radius 2 is 2.00 bits per heavy atom. The van der Waals surface area contributed by atoms with E-state index in [9.17, 15) is 4.79 Å². The monoisotopic (exact) mass is 322 g/mol. The van der Waals surface area contributed by atoms with Gasteiger partial charge in [0.2, 0.25) is 0 Å². The zero-order valence-corrected chi connectivity index (χ0v) is 12.6. The maximum Gasteiger partial charge on any atom is 0.413 e. The fourth-order valence-corrected chi connectivity index (χ4v) is 2.18. The maximum atomic E-state index is 11.7. The largest absolute Gasteiger partial charge is 0.444 e. The molecule has 1 amide bonds. The number of nitrogens with one attached hydrogen (secondary N) is 1. The molecule has 4 nitrogen and oxygen atoms in total. The van der Waals surface area contributed by atoms with Crippen LogP contribution in [0.5, 0.6) is 0 Å². The number of amides is 1. The number of nitrogens with zero attached hydrogens (tertiary/aromatic N) is 1. The van der Waals surface area contributed by atoms with Gasteiger partial charge in [0.25, 0.3) is 0 Å². The van der Waals surface area contributed by atoms with Crippen molar-refractivity contribution < 1.29 is 9.53 Å². The number of aromatic nitrogens is 1. The summed E-state index contributed by atoms with van der Waals surface area (Å²) in [6.45, 7) is 5.45. The van der Waals surface area contributed by atoms with Gasteiger partial charge in [-0.25, -0.2) is 9.78 Å². The minimum Gasteiger partial charge on any atom is -0.444 e. The molecule has 1 N–H and O–H groups in total. The van der Waals surface area contributed by atoms with Gasteiger partial charge in [0, 0.05) is 5.39 Å². The van der Waals surface area contributed by atoms with Gasteiger partial charge in [0.05, 0.1) is 0 Å². The van der Waals surface area contributed by atoms with Crippen molar-refractivity contribution in [2.75, 3.05) is 5.32 Å². The van der Waals surface area contributed by atoms with E-state index in [4.69, 9.17) is 4.74 Å². The lowest BCUT2D eigenvalue weighted by atomic mass is 10.2. The van der Waals surface area contributed by atoms with Crippen molar-refractivity contribution in [3.05, 3.63) is 34.9 Å². The first-order valence-corrected chi connectivity index (χ1v) is 6.70. The number of fused-ring (bicyclic) bond motifs is 1. The highest BCUT2D eigenvalue weighted by Crippen LogP contribution is 2.25. The number of ether oxygens (including phenoxy) is 1. The number of rotatable bonds is 1. The van der Waals surface area contributed by atoms with Crippen molar-refractivity contribution in [2.24, 2.45) is 0 Å². The minimum atomic E-state index is -0.530. The fraction of sp³-hybridized carbons (Fsp3) is 0.286. The number of carbonyl (C=O) groups excluding carboxylic acids is 1. The van der Waals surface area contributed by atoms with Crippen LogP contribution in [0.1, 0.15) is 20.8 Å². The molecule has 1 heterocycles. The van der Waals surface area contributed by atoms with Gasteiger partial charge in [0.1, 0.15) is 16.0 Å². The van der Waals surface area contributed by atoms with Crippen LogP contribution in [0.3, 0.4) is 0 Å². The first-order valence-electron chi connectivity index (χ1n) is 5.90. The average Bonchev–Trinajstić information content (AvgIpc) is 2.26. The van der Waals surface area contributed by atoms with E-state index in [-0.39, 0.29) is 0 Å². The van der Waals surface area contributed by atoms with Crippen LogP contribution in [0.15, 0.2) is 34.9 Å². The molecule has 0 fully saturated rings. The lowest BCUT2D eigenvalue weighted by Gasteiger charge is -2.19. The van der Waals surface area contributed by atoms with Crippen LogP contribution in [-0.4, -0.2) is 16.7 Å². The molecule has 100 valence electrons. The fourth-order valence-electron chi connectivity index (χ4n) is 1.63. The van der Waals surface area contributed by atoms with Crippen molar-refractivity contribution in [1.82, 2.24) is 4.98 Å². The molecule has 1 aromatic heterocycles. The number of halogens is 1. The van der Waals surface area contributed by atoms with Crippen molar-refractivity contribution in [3.8, 4) is 0 Å². The van der Waals surface area contributed by atoms with Gasteiger partial charge in [-0.1, -0.05) is 24.3 Å². The molecule has 2 rings (SSSR count). The quantitative estimate of drug-likeness (QED) is 0.794. The van der Waals surface area contributed by atoms with Crippen molar-refractivity contribution in [3.63, 3.8) is 0 Å². The number of hydrogen-bond donors (Lipinski definition) is 1. The molecule has 0 radical (unpaired) electrons. The van der Waals surface area contributed by atoms with Crippen molar-refractivity contribution >= 4 is 38.6 Å².